The second-order valence-electron chi connectivity index (χ2n) is 2.89. The largest absolute Gasteiger partial charge is 0.417 e. The summed E-state index contributed by atoms with van der Waals surface area (Å²) in [5.74, 6) is -0.518. The molecule has 0 aliphatic carbocycles. The molecule has 16 heavy (non-hydrogen) atoms. The molecule has 1 rings (SSSR count). The fourth-order valence-electron chi connectivity index (χ4n) is 1.02. The Kier molecular flexibility index (Phi) is 3.59. The van der Waals surface area contributed by atoms with E-state index in [4.69, 9.17) is 11.6 Å². The van der Waals surface area contributed by atoms with Gasteiger partial charge < -0.3 is 5.32 Å². The van der Waals surface area contributed by atoms with Gasteiger partial charge in [-0.25, -0.2) is 0 Å². The van der Waals surface area contributed by atoms with Crippen LogP contribution in [0.15, 0.2) is 30.9 Å². The van der Waals surface area contributed by atoms with E-state index in [0.29, 0.717) is 0 Å². The molecule has 86 valence electrons. The van der Waals surface area contributed by atoms with E-state index in [-0.39, 0.29) is 5.69 Å². The van der Waals surface area contributed by atoms with Crippen LogP contribution in [-0.2, 0) is 11.0 Å². The number of nitrogens with one attached hydrogen (secondary N) is 1. The van der Waals surface area contributed by atoms with Gasteiger partial charge in [0.2, 0.25) is 5.91 Å². The maximum absolute atomic E-state index is 12.3. The van der Waals surface area contributed by atoms with E-state index in [9.17, 15) is 18.0 Å². The van der Waals surface area contributed by atoms with E-state index in [1.54, 1.807) is 0 Å². The van der Waals surface area contributed by atoms with Crippen LogP contribution in [0.2, 0.25) is 5.02 Å². The Bertz CT molecular complexity index is 429. The standard InChI is InChI=1S/C10H7ClF3NO/c1-2-9(16)15-6-3-4-7(8(11)5-6)10(12,13)14/h2-5H,1H2,(H,15,16). The minimum Gasteiger partial charge on any atom is -0.322 e. The van der Waals surface area contributed by atoms with Gasteiger partial charge in [-0.2, -0.15) is 13.2 Å². The summed E-state index contributed by atoms with van der Waals surface area (Å²) < 4.78 is 37.0. The molecule has 1 aromatic rings. The number of carbonyl (C=O) groups is 1. The first kappa shape index (κ1) is 12.6. The molecule has 0 bridgehead atoms. The summed E-state index contributed by atoms with van der Waals surface area (Å²) >= 11 is 5.44. The molecule has 6 heteroatoms. The van der Waals surface area contributed by atoms with Gasteiger partial charge in [-0.15, -0.1) is 0 Å². The molecular formula is C10H7ClF3NO. The van der Waals surface area contributed by atoms with Crippen molar-refractivity contribution in [1.82, 2.24) is 0 Å². The zero-order chi connectivity index (χ0) is 12.3. The molecule has 1 aromatic carbocycles. The van der Waals surface area contributed by atoms with Crippen LogP contribution >= 0.6 is 11.6 Å². The summed E-state index contributed by atoms with van der Waals surface area (Å²) in [4.78, 5) is 10.9. The molecule has 0 saturated carbocycles. The highest BCUT2D eigenvalue weighted by Gasteiger charge is 2.33. The van der Waals surface area contributed by atoms with E-state index in [1.807, 2.05) is 0 Å². The third-order valence-electron chi connectivity index (χ3n) is 1.73. The molecule has 0 aliphatic heterocycles. The van der Waals surface area contributed by atoms with Crippen LogP contribution in [0.4, 0.5) is 18.9 Å². The number of alkyl halides is 3. The first-order valence-electron chi connectivity index (χ1n) is 4.15. The van der Waals surface area contributed by atoms with E-state index in [0.717, 1.165) is 24.3 Å². The molecule has 0 aliphatic rings. The maximum atomic E-state index is 12.3. The second-order valence-corrected chi connectivity index (χ2v) is 3.29. The number of hydrogen-bond donors (Lipinski definition) is 1. The Morgan fingerprint density at radius 3 is 2.50 bits per heavy atom. The number of carbonyl (C=O) groups excluding carboxylic acids is 1. The van der Waals surface area contributed by atoms with Crippen molar-refractivity contribution in [2.75, 3.05) is 5.32 Å². The van der Waals surface area contributed by atoms with Gasteiger partial charge in [0.05, 0.1) is 10.6 Å². The monoisotopic (exact) mass is 249 g/mol. The highest BCUT2D eigenvalue weighted by molar-refractivity contribution is 6.31. The van der Waals surface area contributed by atoms with Gasteiger partial charge in [0.15, 0.2) is 0 Å². The zero-order valence-corrected chi connectivity index (χ0v) is 8.69. The second kappa shape index (κ2) is 4.57. The van der Waals surface area contributed by atoms with Gasteiger partial charge >= 0.3 is 6.18 Å². The van der Waals surface area contributed by atoms with Crippen molar-refractivity contribution in [3.63, 3.8) is 0 Å². The lowest BCUT2D eigenvalue weighted by atomic mass is 10.2. The van der Waals surface area contributed by atoms with Crippen molar-refractivity contribution in [2.24, 2.45) is 0 Å². The van der Waals surface area contributed by atoms with Gasteiger partial charge in [0.1, 0.15) is 0 Å². The molecule has 1 N–H and O–H groups in total. The fraction of sp³-hybridized carbons (Fsp3) is 0.100. The van der Waals surface area contributed by atoms with Crippen LogP contribution < -0.4 is 5.32 Å². The predicted octanol–water partition coefficient (Wildman–Crippen LogP) is 3.48. The van der Waals surface area contributed by atoms with Crippen molar-refractivity contribution >= 4 is 23.2 Å². The van der Waals surface area contributed by atoms with Gasteiger partial charge in [0.25, 0.3) is 0 Å². The summed E-state index contributed by atoms with van der Waals surface area (Å²) in [7, 11) is 0. The molecule has 0 unspecified atom stereocenters. The molecule has 0 fully saturated rings. The van der Waals surface area contributed by atoms with Gasteiger partial charge in [0, 0.05) is 5.69 Å². The number of rotatable bonds is 2. The third-order valence-corrected chi connectivity index (χ3v) is 2.04. The summed E-state index contributed by atoms with van der Waals surface area (Å²) in [6, 6.07) is 2.96. The minimum absolute atomic E-state index is 0.183. The van der Waals surface area contributed by atoms with E-state index >= 15 is 0 Å². The van der Waals surface area contributed by atoms with Crippen LogP contribution in [0, 0.1) is 0 Å². The molecule has 0 aromatic heterocycles. The lowest BCUT2D eigenvalue weighted by molar-refractivity contribution is -0.137. The molecule has 2 nitrogen and oxygen atoms in total. The lowest BCUT2D eigenvalue weighted by Crippen LogP contribution is -2.09. The van der Waals surface area contributed by atoms with Crippen molar-refractivity contribution in [3.8, 4) is 0 Å². The highest BCUT2D eigenvalue weighted by atomic mass is 35.5. The van der Waals surface area contributed by atoms with Crippen molar-refractivity contribution in [2.45, 2.75) is 6.18 Å². The first-order chi connectivity index (χ1) is 7.34. The molecule has 0 spiro atoms. The average molecular weight is 250 g/mol. The summed E-state index contributed by atoms with van der Waals surface area (Å²) in [5, 5.41) is 1.84. The molecular weight excluding hydrogens is 243 g/mol. The maximum Gasteiger partial charge on any atom is 0.417 e. The number of anilines is 1. The van der Waals surface area contributed by atoms with Crippen molar-refractivity contribution < 1.29 is 18.0 Å². The van der Waals surface area contributed by atoms with Gasteiger partial charge in [-0.05, 0) is 24.3 Å². The molecule has 0 saturated heterocycles. The Labute approximate surface area is 94.7 Å². The highest BCUT2D eigenvalue weighted by Crippen LogP contribution is 2.35. The summed E-state index contributed by atoms with van der Waals surface area (Å²) in [6.07, 6.45) is -3.50. The molecule has 1 amide bonds. The van der Waals surface area contributed by atoms with Crippen LogP contribution in [-0.4, -0.2) is 5.91 Å². The minimum atomic E-state index is -4.50. The Balaban J connectivity index is 3.00. The van der Waals surface area contributed by atoms with Crippen LogP contribution in [0.1, 0.15) is 5.56 Å². The molecule has 0 radical (unpaired) electrons. The van der Waals surface area contributed by atoms with Crippen LogP contribution in [0.3, 0.4) is 0 Å². The number of amides is 1. The fourth-order valence-corrected chi connectivity index (χ4v) is 1.30. The van der Waals surface area contributed by atoms with Gasteiger partial charge in [-0.3, -0.25) is 4.79 Å². The topological polar surface area (TPSA) is 29.1 Å². The van der Waals surface area contributed by atoms with Crippen LogP contribution in [0.5, 0.6) is 0 Å². The number of benzene rings is 1. The predicted molar refractivity (Wildman–Crippen MR) is 55.3 cm³/mol. The average Bonchev–Trinajstić information content (AvgIpc) is 2.15. The lowest BCUT2D eigenvalue weighted by Gasteiger charge is -2.10. The zero-order valence-electron chi connectivity index (χ0n) is 7.94. The van der Waals surface area contributed by atoms with E-state index in [1.165, 1.54) is 0 Å². The molecule has 0 atom stereocenters. The summed E-state index contributed by atoms with van der Waals surface area (Å²) in [5.41, 5.74) is -0.756. The number of halogens is 4. The SMILES string of the molecule is C=CC(=O)Nc1ccc(C(F)(F)F)c(Cl)c1. The normalized spacial score (nSPS) is 11.0. The Morgan fingerprint density at radius 2 is 2.06 bits per heavy atom. The van der Waals surface area contributed by atoms with E-state index < -0.39 is 22.7 Å². The molecule has 0 heterocycles. The quantitative estimate of drug-likeness (QED) is 0.799. The van der Waals surface area contributed by atoms with Crippen LogP contribution in [0.25, 0.3) is 0 Å². The first-order valence-corrected chi connectivity index (χ1v) is 4.52. The smallest absolute Gasteiger partial charge is 0.322 e. The summed E-state index contributed by atoms with van der Waals surface area (Å²) in [6.45, 7) is 3.21. The Hall–Kier alpha value is -1.49. The third kappa shape index (κ3) is 3.00. The van der Waals surface area contributed by atoms with E-state index in [2.05, 4.69) is 11.9 Å². The Morgan fingerprint density at radius 1 is 1.44 bits per heavy atom. The van der Waals surface area contributed by atoms with Crippen molar-refractivity contribution in [1.29, 1.82) is 0 Å². The van der Waals surface area contributed by atoms with Gasteiger partial charge in [-0.1, -0.05) is 18.2 Å². The van der Waals surface area contributed by atoms with Crippen molar-refractivity contribution in [3.05, 3.63) is 41.4 Å². The number of hydrogen-bond acceptors (Lipinski definition) is 1.